The summed E-state index contributed by atoms with van der Waals surface area (Å²) in [5.74, 6) is 5.18. The molecular formula is C29H24ClF3N2O4. The van der Waals surface area contributed by atoms with Gasteiger partial charge in [0.25, 0.3) is 5.91 Å². The Bertz CT molecular complexity index is 1460. The molecule has 202 valence electrons. The van der Waals surface area contributed by atoms with Crippen molar-refractivity contribution < 1.29 is 32.5 Å². The molecule has 3 aromatic rings. The maximum Gasteiger partial charge on any atom is 0.573 e. The van der Waals surface area contributed by atoms with E-state index in [1.54, 1.807) is 48.5 Å². The Morgan fingerprint density at radius 3 is 2.51 bits per heavy atom. The molecule has 0 aromatic heterocycles. The van der Waals surface area contributed by atoms with Crippen LogP contribution in [0.15, 0.2) is 60.7 Å². The average molecular weight is 557 g/mol. The Morgan fingerprint density at radius 1 is 1.13 bits per heavy atom. The number of carbonyl (C=O) groups excluding carboxylic acids is 1. The minimum Gasteiger partial charge on any atom is -0.497 e. The number of methoxy groups -OCH3 is 1. The van der Waals surface area contributed by atoms with E-state index in [0.29, 0.717) is 39.8 Å². The number of nitrogens with one attached hydrogen (secondary N) is 1. The number of nitrogens with zero attached hydrogens (tertiary/aromatic N) is 1. The first-order chi connectivity index (χ1) is 18.6. The van der Waals surface area contributed by atoms with Gasteiger partial charge in [-0.1, -0.05) is 41.6 Å². The molecule has 1 amide bonds. The molecule has 3 aromatic carbocycles. The van der Waals surface area contributed by atoms with Gasteiger partial charge in [0.2, 0.25) is 0 Å². The highest BCUT2D eigenvalue weighted by Gasteiger charge is 2.54. The van der Waals surface area contributed by atoms with Crippen molar-refractivity contribution in [2.45, 2.75) is 30.7 Å². The van der Waals surface area contributed by atoms with Gasteiger partial charge in [-0.15, -0.1) is 13.2 Å². The fourth-order valence-corrected chi connectivity index (χ4v) is 5.03. The summed E-state index contributed by atoms with van der Waals surface area (Å²) in [6.45, 7) is 0.0375. The van der Waals surface area contributed by atoms with E-state index in [1.807, 2.05) is 0 Å². The van der Waals surface area contributed by atoms with Gasteiger partial charge in [-0.25, -0.2) is 0 Å². The predicted octanol–water partition coefficient (Wildman–Crippen LogP) is 5.82. The van der Waals surface area contributed by atoms with Gasteiger partial charge in [0.1, 0.15) is 24.1 Å². The van der Waals surface area contributed by atoms with E-state index >= 15 is 0 Å². The van der Waals surface area contributed by atoms with Crippen molar-refractivity contribution in [3.05, 3.63) is 82.4 Å². The number of anilines is 2. The number of aliphatic hydroxyl groups is 1. The molecule has 0 saturated heterocycles. The van der Waals surface area contributed by atoms with Gasteiger partial charge in [0.05, 0.1) is 12.8 Å². The maximum absolute atomic E-state index is 14.2. The standard InChI is InChI=1S/C29H24ClF3N2O4/c1-38-23-14-18(3-2-12-36)13-21(15-23)34-26(19-4-6-20(30)7-5-19)27(37)35-17-28(10-11-28)24-9-8-22(16-25(24)35)39-29(31,32)33/h4-9,13-16,26,34,36H,10-12,17H2,1H3. The van der Waals surface area contributed by atoms with Crippen LogP contribution in [0.4, 0.5) is 24.5 Å². The summed E-state index contributed by atoms with van der Waals surface area (Å²) < 4.78 is 48.4. The Morgan fingerprint density at radius 2 is 1.87 bits per heavy atom. The van der Waals surface area contributed by atoms with Crippen molar-refractivity contribution in [2.75, 3.05) is 30.5 Å². The van der Waals surface area contributed by atoms with Gasteiger partial charge in [-0.05, 0) is 54.3 Å². The van der Waals surface area contributed by atoms with Crippen LogP contribution in [-0.4, -0.2) is 37.6 Å². The van der Waals surface area contributed by atoms with Gasteiger partial charge < -0.3 is 24.8 Å². The van der Waals surface area contributed by atoms with Crippen molar-refractivity contribution in [1.29, 1.82) is 0 Å². The molecule has 1 heterocycles. The highest BCUT2D eigenvalue weighted by atomic mass is 35.5. The number of ether oxygens (including phenoxy) is 2. The first kappa shape index (κ1) is 26.7. The number of fused-ring (bicyclic) bond motifs is 2. The molecule has 10 heteroatoms. The van der Waals surface area contributed by atoms with Gasteiger partial charge in [0.15, 0.2) is 0 Å². The van der Waals surface area contributed by atoms with Gasteiger partial charge in [-0.3, -0.25) is 4.79 Å². The second kappa shape index (κ2) is 10.4. The average Bonchev–Trinajstić information content (AvgIpc) is 3.61. The molecule has 39 heavy (non-hydrogen) atoms. The molecule has 1 fully saturated rings. The lowest BCUT2D eigenvalue weighted by atomic mass is 9.99. The molecule has 1 aliphatic carbocycles. The van der Waals surface area contributed by atoms with Crippen molar-refractivity contribution in [1.82, 2.24) is 0 Å². The molecule has 1 saturated carbocycles. The second-order valence-corrected chi connectivity index (χ2v) is 9.91. The van der Waals surface area contributed by atoms with E-state index in [9.17, 15) is 18.0 Å². The summed E-state index contributed by atoms with van der Waals surface area (Å²) >= 11 is 6.10. The summed E-state index contributed by atoms with van der Waals surface area (Å²) in [6.07, 6.45) is -3.18. The number of carbonyl (C=O) groups is 1. The third kappa shape index (κ3) is 5.77. The Kier molecular flexibility index (Phi) is 7.10. The summed E-state index contributed by atoms with van der Waals surface area (Å²) in [5.41, 5.74) is 2.67. The highest BCUT2D eigenvalue weighted by molar-refractivity contribution is 6.30. The van der Waals surface area contributed by atoms with E-state index in [2.05, 4.69) is 21.9 Å². The zero-order chi connectivity index (χ0) is 27.8. The smallest absolute Gasteiger partial charge is 0.497 e. The van der Waals surface area contributed by atoms with Crippen LogP contribution in [0, 0.1) is 11.8 Å². The number of rotatable bonds is 6. The van der Waals surface area contributed by atoms with Gasteiger partial charge in [0, 0.05) is 40.4 Å². The fraction of sp³-hybridized carbons (Fsp3) is 0.276. The predicted molar refractivity (Wildman–Crippen MR) is 141 cm³/mol. The Balaban J connectivity index is 1.54. The maximum atomic E-state index is 14.2. The third-order valence-electron chi connectivity index (χ3n) is 6.86. The lowest BCUT2D eigenvalue weighted by Crippen LogP contribution is -2.38. The third-order valence-corrected chi connectivity index (χ3v) is 7.11. The molecule has 5 rings (SSSR count). The van der Waals surface area contributed by atoms with Crippen LogP contribution in [-0.2, 0) is 10.2 Å². The first-order valence-corrected chi connectivity index (χ1v) is 12.5. The van der Waals surface area contributed by atoms with Crippen LogP contribution in [0.2, 0.25) is 5.02 Å². The summed E-state index contributed by atoms with van der Waals surface area (Å²) in [6, 6.07) is 15.2. The van der Waals surface area contributed by atoms with E-state index < -0.39 is 12.4 Å². The zero-order valence-electron chi connectivity index (χ0n) is 20.8. The van der Waals surface area contributed by atoms with Crippen LogP contribution < -0.4 is 19.7 Å². The molecule has 1 unspecified atom stereocenters. The zero-order valence-corrected chi connectivity index (χ0v) is 21.6. The van der Waals surface area contributed by atoms with Crippen molar-refractivity contribution in [3.63, 3.8) is 0 Å². The number of halogens is 4. The van der Waals surface area contributed by atoms with Gasteiger partial charge in [-0.2, -0.15) is 0 Å². The SMILES string of the molecule is COc1cc(C#CCO)cc(NC(C(=O)N2CC3(CC3)c3ccc(OC(F)(F)F)cc32)c2ccc(Cl)cc2)c1. The monoisotopic (exact) mass is 556 g/mol. The lowest BCUT2D eigenvalue weighted by Gasteiger charge is -2.27. The molecule has 2 N–H and O–H groups in total. The molecule has 0 radical (unpaired) electrons. The van der Waals surface area contributed by atoms with Crippen molar-refractivity contribution >= 4 is 28.9 Å². The summed E-state index contributed by atoms with van der Waals surface area (Å²) in [5, 5.41) is 12.8. The minimum absolute atomic E-state index is 0.269. The van der Waals surface area contributed by atoms with E-state index in [-0.39, 0.29) is 23.7 Å². The number of benzene rings is 3. The van der Waals surface area contributed by atoms with Crippen LogP contribution in [0.1, 0.15) is 35.6 Å². The summed E-state index contributed by atoms with van der Waals surface area (Å²) in [4.78, 5) is 15.7. The summed E-state index contributed by atoms with van der Waals surface area (Å²) in [7, 11) is 1.50. The number of hydrogen-bond donors (Lipinski definition) is 2. The fourth-order valence-electron chi connectivity index (χ4n) is 4.91. The molecular weight excluding hydrogens is 533 g/mol. The second-order valence-electron chi connectivity index (χ2n) is 9.47. The molecule has 0 bridgehead atoms. The van der Waals surface area contributed by atoms with Crippen molar-refractivity contribution in [3.8, 4) is 23.3 Å². The quantitative estimate of drug-likeness (QED) is 0.374. The topological polar surface area (TPSA) is 71.0 Å². The minimum atomic E-state index is -4.85. The molecule has 1 atom stereocenters. The van der Waals surface area contributed by atoms with E-state index in [4.69, 9.17) is 21.4 Å². The Labute approximate surface area is 228 Å². The number of aliphatic hydroxyl groups excluding tert-OH is 1. The van der Waals surface area contributed by atoms with Crippen LogP contribution in [0.5, 0.6) is 11.5 Å². The van der Waals surface area contributed by atoms with Gasteiger partial charge >= 0.3 is 6.36 Å². The van der Waals surface area contributed by atoms with E-state index in [1.165, 1.54) is 24.1 Å². The number of alkyl halides is 3. The van der Waals surface area contributed by atoms with Crippen LogP contribution in [0.3, 0.4) is 0 Å². The number of amides is 1. The lowest BCUT2D eigenvalue weighted by molar-refractivity contribution is -0.274. The molecule has 1 aliphatic heterocycles. The van der Waals surface area contributed by atoms with E-state index in [0.717, 1.165) is 18.4 Å². The highest BCUT2D eigenvalue weighted by Crippen LogP contribution is 2.57. The van der Waals surface area contributed by atoms with Crippen LogP contribution in [0.25, 0.3) is 0 Å². The Hall–Kier alpha value is -3.87. The van der Waals surface area contributed by atoms with Crippen molar-refractivity contribution in [2.24, 2.45) is 0 Å². The van der Waals surface area contributed by atoms with Crippen LogP contribution >= 0.6 is 11.6 Å². The first-order valence-electron chi connectivity index (χ1n) is 12.1. The largest absolute Gasteiger partial charge is 0.573 e. The normalized spacial score (nSPS) is 15.7. The molecule has 2 aliphatic rings. The molecule has 1 spiro atoms. The molecule has 6 nitrogen and oxygen atoms in total. The number of hydrogen-bond acceptors (Lipinski definition) is 5.